The van der Waals surface area contributed by atoms with E-state index in [0.717, 1.165) is 12.1 Å². The molecule has 2 aliphatic rings. The van der Waals surface area contributed by atoms with Gasteiger partial charge in [-0.25, -0.2) is 4.99 Å². The van der Waals surface area contributed by atoms with Gasteiger partial charge in [-0.2, -0.15) is 13.2 Å². The van der Waals surface area contributed by atoms with E-state index in [1.165, 1.54) is 18.0 Å². The molecule has 214 valence electrons. The second kappa shape index (κ2) is 11.5. The maximum Gasteiger partial charge on any atom is 0.417 e. The number of hydrogen-bond donors (Lipinski definition) is 3. The monoisotopic (exact) mass is 565 g/mol. The molecule has 2 heterocycles. The van der Waals surface area contributed by atoms with Gasteiger partial charge in [-0.15, -0.1) is 13.0 Å². The van der Waals surface area contributed by atoms with Gasteiger partial charge >= 0.3 is 6.18 Å². The highest BCUT2D eigenvalue weighted by atomic mass is 19.4. The number of rotatable bonds is 5. The van der Waals surface area contributed by atoms with Crippen molar-refractivity contribution in [3.05, 3.63) is 88.6 Å². The topological polar surface area (TPSA) is 97.3 Å². The molecule has 2 aromatic rings. The van der Waals surface area contributed by atoms with Crippen molar-refractivity contribution in [2.75, 3.05) is 18.5 Å². The Kier molecular flexibility index (Phi) is 8.26. The Morgan fingerprint density at radius 2 is 1.90 bits per heavy atom. The summed E-state index contributed by atoms with van der Waals surface area (Å²) in [6, 6.07) is 9.04. The zero-order valence-corrected chi connectivity index (χ0v) is 22.8. The van der Waals surface area contributed by atoms with Crippen LogP contribution < -0.4 is 15.5 Å². The van der Waals surface area contributed by atoms with E-state index >= 15 is 0 Å². The summed E-state index contributed by atoms with van der Waals surface area (Å²) in [4.78, 5) is 33.1. The first kappa shape index (κ1) is 29.4. The first-order valence-electron chi connectivity index (χ1n) is 12.9. The molecule has 3 N–H and O–H groups in total. The van der Waals surface area contributed by atoms with Crippen molar-refractivity contribution >= 4 is 23.5 Å². The predicted octanol–water partition coefficient (Wildman–Crippen LogP) is 3.89. The van der Waals surface area contributed by atoms with Crippen LogP contribution in [-0.2, 0) is 6.18 Å². The lowest BCUT2D eigenvalue weighted by Gasteiger charge is -2.45. The lowest BCUT2D eigenvalue weighted by molar-refractivity contribution is -0.137. The van der Waals surface area contributed by atoms with Gasteiger partial charge in [0.15, 0.2) is 6.23 Å². The van der Waals surface area contributed by atoms with Gasteiger partial charge in [-0.3, -0.25) is 14.5 Å². The molecule has 0 aromatic heterocycles. The molecule has 11 heteroatoms. The molecule has 41 heavy (non-hydrogen) atoms. The van der Waals surface area contributed by atoms with Crippen LogP contribution in [-0.4, -0.2) is 59.7 Å². The molecule has 0 fully saturated rings. The standard InChI is InChI=1S/C30H30F3N5O3/c1-6-17(3)35-29-36-25-16-37(27(40)21-9-8-19(7-2)24(15-21)30(31,32)33)18(4)14-23(25)28(41)38(29)22-12-10-20(11-13-22)26(39)34-5/h2,6,8-13,15,17-18,28,41H,1,14,16H2,3-5H3,(H,34,39)(H,35,36)/t17-,18+,28?/m0/s1. The van der Waals surface area contributed by atoms with Crippen molar-refractivity contribution in [3.63, 3.8) is 0 Å². The van der Waals surface area contributed by atoms with Crippen LogP contribution in [0.25, 0.3) is 0 Å². The summed E-state index contributed by atoms with van der Waals surface area (Å²) in [5.74, 6) is 1.45. The summed E-state index contributed by atoms with van der Waals surface area (Å²) in [6.07, 6.45) is 1.24. The lowest BCUT2D eigenvalue weighted by Crippen LogP contribution is -2.58. The number of carbonyl (C=O) groups excluding carboxylic acids is 2. The molecule has 2 amide bonds. The molecule has 2 aliphatic heterocycles. The Bertz CT molecular complexity index is 1470. The highest BCUT2D eigenvalue weighted by molar-refractivity contribution is 6.01. The summed E-state index contributed by atoms with van der Waals surface area (Å²) in [5.41, 5.74) is 0.609. The molecule has 0 aliphatic carbocycles. The maximum absolute atomic E-state index is 13.6. The first-order chi connectivity index (χ1) is 19.4. The Morgan fingerprint density at radius 1 is 1.24 bits per heavy atom. The third-order valence-corrected chi connectivity index (χ3v) is 7.10. The van der Waals surface area contributed by atoms with Crippen molar-refractivity contribution in [1.29, 1.82) is 0 Å². The van der Waals surface area contributed by atoms with E-state index < -0.39 is 29.9 Å². The number of aliphatic imine (C=N–C) groups is 1. The molecule has 0 radical (unpaired) electrons. The van der Waals surface area contributed by atoms with E-state index in [0.29, 0.717) is 22.5 Å². The Labute approximate surface area is 236 Å². The number of benzene rings is 2. The zero-order chi connectivity index (χ0) is 30.1. The number of aliphatic hydroxyl groups excluding tert-OH is 1. The number of hydrogen-bond acceptors (Lipinski definition) is 4. The van der Waals surface area contributed by atoms with Crippen LogP contribution in [0, 0.1) is 12.3 Å². The number of halogens is 3. The van der Waals surface area contributed by atoms with Crippen LogP contribution in [0.1, 0.15) is 52.1 Å². The fraction of sp³-hybridized carbons (Fsp3) is 0.300. The summed E-state index contributed by atoms with van der Waals surface area (Å²) in [5, 5.41) is 17.3. The minimum atomic E-state index is -4.72. The number of alkyl halides is 3. The number of carbonyl (C=O) groups is 2. The minimum Gasteiger partial charge on any atom is -0.369 e. The average Bonchev–Trinajstić information content (AvgIpc) is 2.96. The summed E-state index contributed by atoms with van der Waals surface area (Å²) in [6.45, 7) is 7.34. The van der Waals surface area contributed by atoms with Crippen LogP contribution in [0.2, 0.25) is 0 Å². The van der Waals surface area contributed by atoms with E-state index in [1.54, 1.807) is 42.2 Å². The summed E-state index contributed by atoms with van der Waals surface area (Å²) in [7, 11) is 1.53. The average molecular weight is 566 g/mol. The number of terminal acetylenes is 1. The van der Waals surface area contributed by atoms with E-state index in [1.807, 2.05) is 12.8 Å². The van der Waals surface area contributed by atoms with E-state index in [-0.39, 0.29) is 42.0 Å². The third-order valence-electron chi connectivity index (χ3n) is 7.10. The number of nitrogens with zero attached hydrogens (tertiary/aromatic N) is 3. The van der Waals surface area contributed by atoms with E-state index in [9.17, 15) is 27.9 Å². The molecule has 1 unspecified atom stereocenters. The zero-order valence-electron chi connectivity index (χ0n) is 22.8. The Balaban J connectivity index is 1.69. The smallest absolute Gasteiger partial charge is 0.369 e. The SMILES string of the molecule is C#Cc1ccc(C(=O)N2CC3=C(C[C@H]2C)C(O)N(c2ccc(C(=O)NC)cc2)C(=N[C@@H](C)C=C)N3)cc1C(F)(F)F. The fourth-order valence-corrected chi connectivity index (χ4v) is 4.82. The largest absolute Gasteiger partial charge is 0.417 e. The molecule has 0 saturated heterocycles. The normalized spacial score (nSPS) is 20.6. The molecule has 8 nitrogen and oxygen atoms in total. The second-order valence-electron chi connectivity index (χ2n) is 9.82. The molecular weight excluding hydrogens is 535 g/mol. The van der Waals surface area contributed by atoms with E-state index in [2.05, 4.69) is 22.2 Å². The predicted molar refractivity (Wildman–Crippen MR) is 150 cm³/mol. The number of guanidine groups is 1. The van der Waals surface area contributed by atoms with Crippen molar-refractivity contribution in [3.8, 4) is 12.3 Å². The molecule has 0 spiro atoms. The fourth-order valence-electron chi connectivity index (χ4n) is 4.82. The van der Waals surface area contributed by atoms with Crippen LogP contribution in [0.3, 0.4) is 0 Å². The molecular formula is C30H30F3N5O3. The van der Waals surface area contributed by atoms with Gasteiger partial charge in [-0.1, -0.05) is 12.0 Å². The number of nitrogens with one attached hydrogen (secondary N) is 2. The Hall–Kier alpha value is -4.56. The number of amides is 2. The highest BCUT2D eigenvalue weighted by Gasteiger charge is 2.40. The lowest BCUT2D eigenvalue weighted by atomic mass is 9.93. The molecule has 2 aromatic carbocycles. The van der Waals surface area contributed by atoms with Crippen molar-refractivity contribution in [2.24, 2.45) is 4.99 Å². The number of aliphatic hydroxyl groups is 1. The molecule has 4 rings (SSSR count). The van der Waals surface area contributed by atoms with E-state index in [4.69, 9.17) is 6.42 Å². The van der Waals surface area contributed by atoms with Crippen LogP contribution in [0.4, 0.5) is 18.9 Å². The van der Waals surface area contributed by atoms with Crippen molar-refractivity contribution in [1.82, 2.24) is 15.5 Å². The van der Waals surface area contributed by atoms with Gasteiger partial charge in [0.05, 0.1) is 18.2 Å². The minimum absolute atomic E-state index is 0.00950. The van der Waals surface area contributed by atoms with Gasteiger partial charge < -0.3 is 20.6 Å². The van der Waals surface area contributed by atoms with Crippen LogP contribution >= 0.6 is 0 Å². The van der Waals surface area contributed by atoms with Crippen LogP contribution in [0.5, 0.6) is 0 Å². The van der Waals surface area contributed by atoms with Crippen LogP contribution in [0.15, 0.2) is 71.4 Å². The quantitative estimate of drug-likeness (QED) is 0.378. The van der Waals surface area contributed by atoms with Crippen molar-refractivity contribution in [2.45, 2.75) is 44.8 Å². The maximum atomic E-state index is 13.6. The third kappa shape index (κ3) is 5.83. The van der Waals surface area contributed by atoms with Gasteiger partial charge in [0, 0.05) is 46.7 Å². The molecule has 0 bridgehead atoms. The first-order valence-corrected chi connectivity index (χ1v) is 12.9. The number of anilines is 1. The van der Waals surface area contributed by atoms with Crippen molar-refractivity contribution < 1.29 is 27.9 Å². The van der Waals surface area contributed by atoms with Gasteiger partial charge in [0.1, 0.15) is 0 Å². The Morgan fingerprint density at radius 3 is 2.49 bits per heavy atom. The highest BCUT2D eigenvalue weighted by Crippen LogP contribution is 2.35. The summed E-state index contributed by atoms with van der Waals surface area (Å²) < 4.78 is 40.8. The van der Waals surface area contributed by atoms with Gasteiger partial charge in [-0.05, 0) is 62.7 Å². The molecule has 3 atom stereocenters. The van der Waals surface area contributed by atoms with Gasteiger partial charge in [0.2, 0.25) is 5.96 Å². The second-order valence-corrected chi connectivity index (χ2v) is 9.82. The molecule has 0 saturated carbocycles. The van der Waals surface area contributed by atoms with Gasteiger partial charge in [0.25, 0.3) is 11.8 Å². The summed E-state index contributed by atoms with van der Waals surface area (Å²) >= 11 is 0.